The topological polar surface area (TPSA) is 41.6 Å². The number of fused-ring (bicyclic) bond motifs is 1. The van der Waals surface area contributed by atoms with Gasteiger partial charge in [-0.1, -0.05) is 30.4 Å². The quantitative estimate of drug-likeness (QED) is 0.824. The zero-order valence-corrected chi connectivity index (χ0v) is 15.7. The Kier molecular flexibility index (Phi) is 5.03. The molecule has 1 aromatic rings. The third-order valence-electron chi connectivity index (χ3n) is 6.44. The van der Waals surface area contributed by atoms with Crippen LogP contribution in [0.15, 0.2) is 36.4 Å². The standard InChI is InChI=1S/C22H30N2O2/c1-24(21(25)17-7-3-2-4-8-17)19-11-13-22(14-12-19)16-23-15-18-9-5-6-10-20(18)26-22/h2-3,5-6,9-10,17,19,23H,4,7-8,11-16H2,1H3/t17-,19?,22?/m1/s1. The molecule has 0 radical (unpaired) electrons. The van der Waals surface area contributed by atoms with Gasteiger partial charge in [0.15, 0.2) is 0 Å². The van der Waals surface area contributed by atoms with E-state index in [2.05, 4.69) is 41.7 Å². The first-order valence-corrected chi connectivity index (χ1v) is 10.1. The number of rotatable bonds is 2. The highest BCUT2D eigenvalue weighted by atomic mass is 16.5. The normalized spacial score (nSPS) is 31.0. The highest BCUT2D eigenvalue weighted by molar-refractivity contribution is 5.79. The maximum absolute atomic E-state index is 12.8. The first-order valence-electron chi connectivity index (χ1n) is 10.1. The van der Waals surface area contributed by atoms with Gasteiger partial charge in [-0.2, -0.15) is 0 Å². The minimum atomic E-state index is -0.124. The van der Waals surface area contributed by atoms with Crippen molar-refractivity contribution in [3.8, 4) is 5.75 Å². The van der Waals surface area contributed by atoms with Crippen molar-refractivity contribution in [3.63, 3.8) is 0 Å². The summed E-state index contributed by atoms with van der Waals surface area (Å²) in [5.41, 5.74) is 1.12. The number of amides is 1. The van der Waals surface area contributed by atoms with Crippen molar-refractivity contribution in [2.75, 3.05) is 13.6 Å². The summed E-state index contributed by atoms with van der Waals surface area (Å²) in [6, 6.07) is 8.69. The lowest BCUT2D eigenvalue weighted by Crippen LogP contribution is -2.51. The van der Waals surface area contributed by atoms with Crippen LogP contribution in [0.2, 0.25) is 0 Å². The van der Waals surface area contributed by atoms with Crippen LogP contribution in [0, 0.1) is 5.92 Å². The average molecular weight is 354 g/mol. The van der Waals surface area contributed by atoms with Crippen LogP contribution >= 0.6 is 0 Å². The van der Waals surface area contributed by atoms with Gasteiger partial charge in [0, 0.05) is 37.7 Å². The monoisotopic (exact) mass is 354 g/mol. The molecule has 1 aliphatic heterocycles. The Labute approximate surface area is 156 Å². The van der Waals surface area contributed by atoms with Crippen LogP contribution in [0.1, 0.15) is 50.5 Å². The summed E-state index contributed by atoms with van der Waals surface area (Å²) in [6.45, 7) is 1.76. The molecule has 1 fully saturated rings. The van der Waals surface area contributed by atoms with Crippen molar-refractivity contribution < 1.29 is 9.53 Å². The lowest BCUT2D eigenvalue weighted by atomic mass is 9.80. The molecular weight excluding hydrogens is 324 g/mol. The molecule has 4 nitrogen and oxygen atoms in total. The van der Waals surface area contributed by atoms with Gasteiger partial charge in [0.1, 0.15) is 11.4 Å². The minimum absolute atomic E-state index is 0.124. The molecule has 1 aromatic carbocycles. The molecule has 1 amide bonds. The molecule has 4 heteroatoms. The Morgan fingerprint density at radius 3 is 2.77 bits per heavy atom. The van der Waals surface area contributed by atoms with E-state index < -0.39 is 0 Å². The van der Waals surface area contributed by atoms with Gasteiger partial charge in [-0.05, 0) is 51.0 Å². The molecule has 1 heterocycles. The molecule has 1 saturated carbocycles. The van der Waals surface area contributed by atoms with Gasteiger partial charge >= 0.3 is 0 Å². The smallest absolute Gasteiger partial charge is 0.225 e. The number of para-hydroxylation sites is 1. The number of carbonyl (C=O) groups excluding carboxylic acids is 1. The van der Waals surface area contributed by atoms with Crippen LogP contribution in [-0.2, 0) is 11.3 Å². The predicted molar refractivity (Wildman–Crippen MR) is 103 cm³/mol. The van der Waals surface area contributed by atoms with Gasteiger partial charge in [0.05, 0.1) is 0 Å². The second-order valence-corrected chi connectivity index (χ2v) is 8.16. The summed E-state index contributed by atoms with van der Waals surface area (Å²) in [5.74, 6) is 1.54. The Bertz CT molecular complexity index is 676. The number of hydrogen-bond acceptors (Lipinski definition) is 3. The van der Waals surface area contributed by atoms with Crippen LogP contribution in [0.25, 0.3) is 0 Å². The fraction of sp³-hybridized carbons (Fsp3) is 0.591. The number of ether oxygens (including phenoxy) is 1. The first-order chi connectivity index (χ1) is 12.7. The van der Waals surface area contributed by atoms with E-state index in [1.54, 1.807) is 0 Å². The molecule has 2 aliphatic carbocycles. The summed E-state index contributed by atoms with van der Waals surface area (Å²) >= 11 is 0. The van der Waals surface area contributed by atoms with E-state index in [-0.39, 0.29) is 11.5 Å². The number of nitrogens with zero attached hydrogens (tertiary/aromatic N) is 1. The Hall–Kier alpha value is -1.81. The lowest BCUT2D eigenvalue weighted by molar-refractivity contribution is -0.138. The Morgan fingerprint density at radius 1 is 1.19 bits per heavy atom. The highest BCUT2D eigenvalue weighted by Crippen LogP contribution is 2.37. The number of carbonyl (C=O) groups is 1. The zero-order valence-electron chi connectivity index (χ0n) is 15.7. The summed E-state index contributed by atoms with van der Waals surface area (Å²) in [4.78, 5) is 14.9. The summed E-state index contributed by atoms with van der Waals surface area (Å²) in [6.07, 6.45) is 11.4. The molecule has 1 spiro atoms. The summed E-state index contributed by atoms with van der Waals surface area (Å²) in [7, 11) is 2.00. The van der Waals surface area contributed by atoms with Crippen LogP contribution < -0.4 is 10.1 Å². The fourth-order valence-electron chi connectivity index (χ4n) is 4.72. The van der Waals surface area contributed by atoms with Gasteiger partial charge < -0.3 is 15.0 Å². The van der Waals surface area contributed by atoms with Crippen LogP contribution in [0.4, 0.5) is 0 Å². The van der Waals surface area contributed by atoms with E-state index in [4.69, 9.17) is 4.74 Å². The molecule has 0 unspecified atom stereocenters. The number of hydrogen-bond donors (Lipinski definition) is 1. The zero-order chi connectivity index (χ0) is 18.0. The van der Waals surface area contributed by atoms with Crippen molar-refractivity contribution in [1.29, 1.82) is 0 Å². The number of benzene rings is 1. The van der Waals surface area contributed by atoms with Crippen molar-refractivity contribution in [2.45, 2.75) is 63.1 Å². The molecule has 1 N–H and O–H groups in total. The van der Waals surface area contributed by atoms with Gasteiger partial charge in [-0.25, -0.2) is 0 Å². The number of nitrogens with one attached hydrogen (secondary N) is 1. The second kappa shape index (κ2) is 7.43. The van der Waals surface area contributed by atoms with Gasteiger partial charge in [-0.3, -0.25) is 4.79 Å². The Morgan fingerprint density at radius 2 is 2.00 bits per heavy atom. The van der Waals surface area contributed by atoms with Crippen molar-refractivity contribution in [3.05, 3.63) is 42.0 Å². The molecule has 4 rings (SSSR count). The molecule has 1 atom stereocenters. The van der Waals surface area contributed by atoms with E-state index >= 15 is 0 Å². The second-order valence-electron chi connectivity index (χ2n) is 8.16. The van der Waals surface area contributed by atoms with Crippen molar-refractivity contribution >= 4 is 5.91 Å². The van der Waals surface area contributed by atoms with E-state index in [0.717, 1.165) is 63.8 Å². The van der Waals surface area contributed by atoms with Crippen molar-refractivity contribution in [1.82, 2.24) is 10.2 Å². The van der Waals surface area contributed by atoms with E-state index in [1.165, 1.54) is 5.56 Å². The average Bonchev–Trinajstić information content (AvgIpc) is 2.87. The summed E-state index contributed by atoms with van der Waals surface area (Å²) in [5, 5.41) is 3.57. The predicted octanol–water partition coefficient (Wildman–Crippen LogP) is 3.66. The molecule has 140 valence electrons. The minimum Gasteiger partial charge on any atom is -0.486 e. The van der Waals surface area contributed by atoms with Gasteiger partial charge in [0.25, 0.3) is 0 Å². The van der Waals surface area contributed by atoms with E-state index in [1.807, 2.05) is 11.9 Å². The van der Waals surface area contributed by atoms with Gasteiger partial charge in [0.2, 0.25) is 5.91 Å². The van der Waals surface area contributed by atoms with Crippen LogP contribution in [-0.4, -0.2) is 36.0 Å². The van der Waals surface area contributed by atoms with Crippen LogP contribution in [0.5, 0.6) is 5.75 Å². The highest BCUT2D eigenvalue weighted by Gasteiger charge is 2.41. The maximum atomic E-state index is 12.8. The molecule has 0 aromatic heterocycles. The lowest BCUT2D eigenvalue weighted by Gasteiger charge is -2.42. The van der Waals surface area contributed by atoms with Crippen molar-refractivity contribution in [2.24, 2.45) is 5.92 Å². The molecular formula is C22H30N2O2. The largest absolute Gasteiger partial charge is 0.486 e. The van der Waals surface area contributed by atoms with Crippen LogP contribution in [0.3, 0.4) is 0 Å². The van der Waals surface area contributed by atoms with Gasteiger partial charge in [-0.15, -0.1) is 0 Å². The first kappa shape index (κ1) is 17.6. The SMILES string of the molecule is CN(C(=O)[C@@H]1CC=CCC1)C1CCC2(CC1)CNCc1ccccc1O2. The fourth-order valence-corrected chi connectivity index (χ4v) is 4.72. The third-order valence-corrected chi connectivity index (χ3v) is 6.44. The molecule has 26 heavy (non-hydrogen) atoms. The Balaban J connectivity index is 1.39. The van der Waals surface area contributed by atoms with E-state index in [9.17, 15) is 4.79 Å². The number of allylic oxidation sites excluding steroid dienone is 2. The van der Waals surface area contributed by atoms with E-state index in [0.29, 0.717) is 11.9 Å². The summed E-state index contributed by atoms with van der Waals surface area (Å²) < 4.78 is 6.52. The molecule has 0 saturated heterocycles. The maximum Gasteiger partial charge on any atom is 0.225 e. The molecule has 0 bridgehead atoms. The molecule has 3 aliphatic rings. The third kappa shape index (κ3) is 3.52.